The first-order valence-electron chi connectivity index (χ1n) is 9.90. The average molecular weight is 399 g/mol. The van der Waals surface area contributed by atoms with E-state index in [1.807, 2.05) is 91.0 Å². The Kier molecular flexibility index (Phi) is 6.94. The van der Waals surface area contributed by atoms with Crippen molar-refractivity contribution < 1.29 is 14.7 Å². The molecule has 0 saturated carbocycles. The van der Waals surface area contributed by atoms with Gasteiger partial charge in [-0.2, -0.15) is 0 Å². The predicted octanol–water partition coefficient (Wildman–Crippen LogP) is 4.56. The maximum absolute atomic E-state index is 12.3. The van der Waals surface area contributed by atoms with Gasteiger partial charge in [0.2, 0.25) is 0 Å². The van der Waals surface area contributed by atoms with Gasteiger partial charge in [0.25, 0.3) is 0 Å². The van der Waals surface area contributed by atoms with Crippen LogP contribution in [-0.2, 0) is 15.1 Å². The zero-order valence-corrected chi connectivity index (χ0v) is 16.9. The Bertz CT molecular complexity index is 902. The standard InChI is InChI=1S/C26H25NO3/c1-2-12-23(28)19-24(25(29)30)27-26(20-13-6-3-7-14-20,21-15-8-4-9-16-21)22-17-10-5-11-18-22/h2-18,24,27H,19H2,1H3,(H,29,30)/b12-2+/t24-/m0/s1. The summed E-state index contributed by atoms with van der Waals surface area (Å²) in [6.07, 6.45) is 2.89. The molecule has 0 saturated heterocycles. The van der Waals surface area contributed by atoms with Gasteiger partial charge in [0.05, 0.1) is 5.54 Å². The van der Waals surface area contributed by atoms with Gasteiger partial charge in [-0.05, 0) is 29.7 Å². The van der Waals surface area contributed by atoms with Crippen LogP contribution in [0.15, 0.2) is 103 Å². The molecule has 1 atom stereocenters. The number of carboxylic acid groups (broad SMARTS) is 1. The fourth-order valence-electron chi connectivity index (χ4n) is 3.73. The molecule has 4 heteroatoms. The van der Waals surface area contributed by atoms with Crippen LogP contribution in [0.25, 0.3) is 0 Å². The average Bonchev–Trinajstić information content (AvgIpc) is 2.78. The van der Waals surface area contributed by atoms with Crippen LogP contribution in [-0.4, -0.2) is 22.9 Å². The van der Waals surface area contributed by atoms with E-state index in [-0.39, 0.29) is 12.2 Å². The van der Waals surface area contributed by atoms with Gasteiger partial charge in [0.1, 0.15) is 6.04 Å². The van der Waals surface area contributed by atoms with Crippen LogP contribution in [0, 0.1) is 0 Å². The molecule has 0 bridgehead atoms. The summed E-state index contributed by atoms with van der Waals surface area (Å²) in [6.45, 7) is 1.74. The normalized spacial score (nSPS) is 12.6. The van der Waals surface area contributed by atoms with E-state index < -0.39 is 17.6 Å². The summed E-state index contributed by atoms with van der Waals surface area (Å²) in [4.78, 5) is 24.4. The van der Waals surface area contributed by atoms with E-state index >= 15 is 0 Å². The van der Waals surface area contributed by atoms with Crippen LogP contribution in [0.1, 0.15) is 30.0 Å². The quantitative estimate of drug-likeness (QED) is 0.409. The van der Waals surface area contributed by atoms with Gasteiger partial charge in [-0.1, -0.05) is 97.1 Å². The van der Waals surface area contributed by atoms with E-state index in [1.54, 1.807) is 13.0 Å². The molecular formula is C26H25NO3. The molecule has 3 aromatic rings. The van der Waals surface area contributed by atoms with Crippen LogP contribution in [0.4, 0.5) is 0 Å². The van der Waals surface area contributed by atoms with Crippen molar-refractivity contribution in [2.75, 3.05) is 0 Å². The monoisotopic (exact) mass is 399 g/mol. The lowest BCUT2D eigenvalue weighted by atomic mass is 9.76. The summed E-state index contributed by atoms with van der Waals surface area (Å²) in [5.74, 6) is -1.31. The van der Waals surface area contributed by atoms with Crippen molar-refractivity contribution >= 4 is 11.8 Å². The summed E-state index contributed by atoms with van der Waals surface area (Å²) in [5, 5.41) is 13.3. The molecule has 0 aliphatic heterocycles. The van der Waals surface area contributed by atoms with Crippen LogP contribution < -0.4 is 5.32 Å². The summed E-state index contributed by atoms with van der Waals surface area (Å²) in [5.41, 5.74) is 1.75. The molecule has 0 aromatic heterocycles. The predicted molar refractivity (Wildman–Crippen MR) is 118 cm³/mol. The summed E-state index contributed by atoms with van der Waals surface area (Å²) in [7, 11) is 0. The molecule has 2 N–H and O–H groups in total. The van der Waals surface area contributed by atoms with Crippen molar-refractivity contribution in [1.82, 2.24) is 5.32 Å². The second-order valence-corrected chi connectivity index (χ2v) is 7.05. The van der Waals surface area contributed by atoms with Gasteiger partial charge < -0.3 is 5.11 Å². The van der Waals surface area contributed by atoms with E-state index in [4.69, 9.17) is 0 Å². The zero-order valence-electron chi connectivity index (χ0n) is 16.9. The Hall–Kier alpha value is -3.50. The van der Waals surface area contributed by atoms with E-state index in [2.05, 4.69) is 5.32 Å². The van der Waals surface area contributed by atoms with Gasteiger partial charge in [0, 0.05) is 6.42 Å². The molecule has 0 amide bonds. The van der Waals surface area contributed by atoms with Crippen molar-refractivity contribution in [3.63, 3.8) is 0 Å². The lowest BCUT2D eigenvalue weighted by Gasteiger charge is -2.39. The molecule has 3 rings (SSSR count). The van der Waals surface area contributed by atoms with Gasteiger partial charge in [-0.25, -0.2) is 0 Å². The Balaban J connectivity index is 2.22. The number of hydrogen-bond acceptors (Lipinski definition) is 3. The lowest BCUT2D eigenvalue weighted by Crippen LogP contribution is -2.53. The molecule has 30 heavy (non-hydrogen) atoms. The second-order valence-electron chi connectivity index (χ2n) is 7.05. The third-order valence-corrected chi connectivity index (χ3v) is 5.07. The van der Waals surface area contributed by atoms with E-state index in [1.165, 1.54) is 6.08 Å². The molecule has 0 unspecified atom stereocenters. The van der Waals surface area contributed by atoms with Crippen molar-refractivity contribution in [2.45, 2.75) is 24.9 Å². The smallest absolute Gasteiger partial charge is 0.321 e. The maximum atomic E-state index is 12.3. The molecule has 0 aliphatic carbocycles. The SMILES string of the molecule is C/C=C/C(=O)C[C@H](NC(c1ccccc1)(c1ccccc1)c1ccccc1)C(=O)O. The van der Waals surface area contributed by atoms with Gasteiger partial charge in [0.15, 0.2) is 5.78 Å². The minimum Gasteiger partial charge on any atom is -0.480 e. The number of hydrogen-bond donors (Lipinski definition) is 2. The number of carbonyl (C=O) groups is 2. The summed E-state index contributed by atoms with van der Waals surface area (Å²) >= 11 is 0. The molecule has 4 nitrogen and oxygen atoms in total. The van der Waals surface area contributed by atoms with E-state index in [0.717, 1.165) is 16.7 Å². The molecule has 152 valence electrons. The zero-order chi connectivity index (χ0) is 21.4. The minimum absolute atomic E-state index is 0.145. The highest BCUT2D eigenvalue weighted by atomic mass is 16.4. The van der Waals surface area contributed by atoms with Crippen molar-refractivity contribution in [2.24, 2.45) is 0 Å². The van der Waals surface area contributed by atoms with E-state index in [9.17, 15) is 14.7 Å². The van der Waals surface area contributed by atoms with Crippen molar-refractivity contribution in [3.05, 3.63) is 120 Å². The van der Waals surface area contributed by atoms with Crippen LogP contribution in [0.3, 0.4) is 0 Å². The number of carboxylic acids is 1. The Morgan fingerprint density at radius 2 is 1.23 bits per heavy atom. The third-order valence-electron chi connectivity index (χ3n) is 5.07. The number of aliphatic carboxylic acids is 1. The molecule has 3 aromatic carbocycles. The fourth-order valence-corrected chi connectivity index (χ4v) is 3.73. The van der Waals surface area contributed by atoms with Gasteiger partial charge in [-0.15, -0.1) is 0 Å². The number of carbonyl (C=O) groups excluding carboxylic acids is 1. The van der Waals surface area contributed by atoms with Crippen LogP contribution in [0.2, 0.25) is 0 Å². The third kappa shape index (κ3) is 4.56. The first-order valence-corrected chi connectivity index (χ1v) is 9.90. The van der Waals surface area contributed by atoms with Crippen molar-refractivity contribution in [3.8, 4) is 0 Å². The number of nitrogens with one attached hydrogen (secondary N) is 1. The number of benzene rings is 3. The Morgan fingerprint density at radius 1 is 0.833 bits per heavy atom. The van der Waals surface area contributed by atoms with Gasteiger partial charge >= 0.3 is 5.97 Å². The topological polar surface area (TPSA) is 66.4 Å². The fraction of sp³-hybridized carbons (Fsp3) is 0.154. The number of rotatable bonds is 9. The highest BCUT2D eigenvalue weighted by molar-refractivity contribution is 5.93. The Labute approximate surface area is 176 Å². The highest BCUT2D eigenvalue weighted by Gasteiger charge is 2.40. The summed E-state index contributed by atoms with van der Waals surface area (Å²) in [6, 6.07) is 28.1. The number of allylic oxidation sites excluding steroid dienone is 2. The molecule has 0 fully saturated rings. The van der Waals surface area contributed by atoms with E-state index in [0.29, 0.717) is 0 Å². The van der Waals surface area contributed by atoms with Crippen LogP contribution >= 0.6 is 0 Å². The van der Waals surface area contributed by atoms with Crippen molar-refractivity contribution in [1.29, 1.82) is 0 Å². The number of ketones is 1. The molecule has 0 aliphatic rings. The molecular weight excluding hydrogens is 374 g/mol. The minimum atomic E-state index is -1.07. The highest BCUT2D eigenvalue weighted by Crippen LogP contribution is 2.37. The first-order chi connectivity index (χ1) is 14.6. The maximum Gasteiger partial charge on any atom is 0.321 e. The van der Waals surface area contributed by atoms with Crippen LogP contribution in [0.5, 0.6) is 0 Å². The Morgan fingerprint density at radius 3 is 1.57 bits per heavy atom. The largest absolute Gasteiger partial charge is 0.480 e. The van der Waals surface area contributed by atoms with Gasteiger partial charge in [-0.3, -0.25) is 14.9 Å². The molecule has 0 radical (unpaired) electrons. The second kappa shape index (κ2) is 9.81. The lowest BCUT2D eigenvalue weighted by molar-refractivity contribution is -0.141. The molecule has 0 heterocycles. The summed E-state index contributed by atoms with van der Waals surface area (Å²) < 4.78 is 0. The molecule has 0 spiro atoms. The first kappa shape index (κ1) is 21.2.